The van der Waals surface area contributed by atoms with Crippen molar-refractivity contribution in [1.82, 2.24) is 4.90 Å². The molecular formula is C14H18BrN3. The molecule has 0 radical (unpaired) electrons. The number of halogens is 1. The predicted octanol–water partition coefficient (Wildman–Crippen LogP) is 3.22. The molecule has 1 atom stereocenters. The lowest BCUT2D eigenvalue weighted by Crippen LogP contribution is -2.33. The zero-order valence-corrected chi connectivity index (χ0v) is 12.2. The van der Waals surface area contributed by atoms with Gasteiger partial charge in [-0.25, -0.2) is 0 Å². The lowest BCUT2D eigenvalue weighted by Gasteiger charge is -2.22. The predicted molar refractivity (Wildman–Crippen MR) is 77.6 cm³/mol. The van der Waals surface area contributed by atoms with Gasteiger partial charge in [0, 0.05) is 17.1 Å². The van der Waals surface area contributed by atoms with Crippen LogP contribution in [0.1, 0.15) is 25.3 Å². The van der Waals surface area contributed by atoms with Crippen molar-refractivity contribution in [3.05, 3.63) is 28.2 Å². The molecule has 1 aromatic carbocycles. The lowest BCUT2D eigenvalue weighted by molar-refractivity contribution is 0.328. The molecule has 0 spiro atoms. The molecule has 0 saturated carbocycles. The van der Waals surface area contributed by atoms with E-state index in [9.17, 15) is 0 Å². The van der Waals surface area contributed by atoms with Gasteiger partial charge in [0.05, 0.1) is 11.3 Å². The van der Waals surface area contributed by atoms with E-state index in [4.69, 9.17) is 5.26 Å². The molecule has 4 heteroatoms. The Morgan fingerprint density at radius 3 is 2.83 bits per heavy atom. The number of anilines is 1. The van der Waals surface area contributed by atoms with Crippen molar-refractivity contribution < 1.29 is 0 Å². The van der Waals surface area contributed by atoms with Crippen LogP contribution in [0.15, 0.2) is 22.7 Å². The van der Waals surface area contributed by atoms with Crippen LogP contribution >= 0.6 is 15.9 Å². The number of rotatable bonds is 4. The zero-order chi connectivity index (χ0) is 13.0. The summed E-state index contributed by atoms with van der Waals surface area (Å²) in [5, 5.41) is 12.5. The van der Waals surface area contributed by atoms with Crippen LogP contribution in [0.3, 0.4) is 0 Å². The molecular weight excluding hydrogens is 290 g/mol. The summed E-state index contributed by atoms with van der Waals surface area (Å²) in [6, 6.07) is 8.36. The van der Waals surface area contributed by atoms with Crippen molar-refractivity contribution in [1.29, 1.82) is 5.26 Å². The maximum atomic E-state index is 9.12. The van der Waals surface area contributed by atoms with Crippen LogP contribution in [-0.4, -0.2) is 30.6 Å². The van der Waals surface area contributed by atoms with Gasteiger partial charge in [0.2, 0.25) is 0 Å². The van der Waals surface area contributed by atoms with Gasteiger partial charge in [-0.3, -0.25) is 0 Å². The molecule has 1 aliphatic heterocycles. The number of nitrogens with one attached hydrogen (secondary N) is 1. The van der Waals surface area contributed by atoms with Gasteiger partial charge in [0.1, 0.15) is 6.07 Å². The van der Waals surface area contributed by atoms with Crippen molar-refractivity contribution >= 4 is 21.6 Å². The van der Waals surface area contributed by atoms with E-state index in [0.29, 0.717) is 11.6 Å². The molecule has 1 aliphatic rings. The van der Waals surface area contributed by atoms with E-state index in [1.165, 1.54) is 25.9 Å². The van der Waals surface area contributed by atoms with Gasteiger partial charge in [-0.2, -0.15) is 5.26 Å². The Morgan fingerprint density at radius 2 is 2.17 bits per heavy atom. The largest absolute Gasteiger partial charge is 0.380 e. The maximum Gasteiger partial charge on any atom is 0.101 e. The first-order valence-corrected chi connectivity index (χ1v) is 7.17. The summed E-state index contributed by atoms with van der Waals surface area (Å²) in [7, 11) is 0. The Hall–Kier alpha value is -1.05. The zero-order valence-electron chi connectivity index (χ0n) is 10.6. The quantitative estimate of drug-likeness (QED) is 0.928. The fourth-order valence-electron chi connectivity index (χ4n) is 2.40. The summed E-state index contributed by atoms with van der Waals surface area (Å²) in [4.78, 5) is 2.47. The molecule has 2 rings (SSSR count). The second kappa shape index (κ2) is 6.21. The van der Waals surface area contributed by atoms with Gasteiger partial charge in [-0.15, -0.1) is 0 Å². The highest BCUT2D eigenvalue weighted by Gasteiger charge is 2.15. The monoisotopic (exact) mass is 307 g/mol. The van der Waals surface area contributed by atoms with E-state index in [-0.39, 0.29) is 0 Å². The van der Waals surface area contributed by atoms with E-state index >= 15 is 0 Å². The van der Waals surface area contributed by atoms with Crippen LogP contribution in [0.5, 0.6) is 0 Å². The van der Waals surface area contributed by atoms with Crippen molar-refractivity contribution in [2.24, 2.45) is 0 Å². The van der Waals surface area contributed by atoms with E-state index in [1.54, 1.807) is 0 Å². The maximum absolute atomic E-state index is 9.12. The minimum atomic E-state index is 0.358. The summed E-state index contributed by atoms with van der Waals surface area (Å²) in [6.45, 7) is 5.62. The third-order valence-corrected chi connectivity index (χ3v) is 3.73. The fraction of sp³-hybridized carbons (Fsp3) is 0.500. The Kier molecular flexibility index (Phi) is 4.62. The Bertz CT molecular complexity index is 447. The van der Waals surface area contributed by atoms with Gasteiger partial charge >= 0.3 is 0 Å². The number of hydrogen-bond acceptors (Lipinski definition) is 3. The van der Waals surface area contributed by atoms with E-state index < -0.39 is 0 Å². The number of likely N-dealkylation sites (tertiary alicyclic amines) is 1. The van der Waals surface area contributed by atoms with Gasteiger partial charge in [-0.1, -0.05) is 15.9 Å². The minimum Gasteiger partial charge on any atom is -0.380 e. The molecule has 0 bridgehead atoms. The third kappa shape index (κ3) is 3.47. The first-order chi connectivity index (χ1) is 8.69. The van der Waals surface area contributed by atoms with E-state index in [2.05, 4.69) is 39.1 Å². The molecule has 1 saturated heterocycles. The molecule has 1 unspecified atom stereocenters. The molecule has 1 aromatic rings. The molecule has 3 nitrogen and oxygen atoms in total. The van der Waals surface area contributed by atoms with Gasteiger partial charge in [0.25, 0.3) is 0 Å². The molecule has 1 heterocycles. The Balaban J connectivity index is 1.98. The smallest absolute Gasteiger partial charge is 0.101 e. The summed E-state index contributed by atoms with van der Waals surface area (Å²) in [5.41, 5.74) is 1.62. The second-order valence-electron chi connectivity index (χ2n) is 4.85. The van der Waals surface area contributed by atoms with Crippen molar-refractivity contribution in [2.45, 2.75) is 25.8 Å². The normalized spacial score (nSPS) is 17.4. The first-order valence-electron chi connectivity index (χ1n) is 6.37. The molecule has 0 aliphatic carbocycles. The number of nitrogens with zero attached hydrogens (tertiary/aromatic N) is 2. The van der Waals surface area contributed by atoms with Crippen molar-refractivity contribution in [2.75, 3.05) is 25.0 Å². The first kappa shape index (κ1) is 13.4. The van der Waals surface area contributed by atoms with Crippen LogP contribution < -0.4 is 5.32 Å². The average Bonchev–Trinajstić information content (AvgIpc) is 2.84. The molecule has 0 amide bonds. The highest BCUT2D eigenvalue weighted by atomic mass is 79.9. The molecule has 1 N–H and O–H groups in total. The summed E-state index contributed by atoms with van der Waals surface area (Å²) in [6.07, 6.45) is 2.63. The highest BCUT2D eigenvalue weighted by molar-refractivity contribution is 9.10. The van der Waals surface area contributed by atoms with Gasteiger partial charge in [-0.05, 0) is 51.1 Å². The van der Waals surface area contributed by atoms with Crippen molar-refractivity contribution in [3.63, 3.8) is 0 Å². The third-order valence-electron chi connectivity index (χ3n) is 3.23. The second-order valence-corrected chi connectivity index (χ2v) is 5.77. The molecule has 1 fully saturated rings. The van der Waals surface area contributed by atoms with Gasteiger partial charge in [0.15, 0.2) is 0 Å². The Morgan fingerprint density at radius 1 is 1.44 bits per heavy atom. The summed E-state index contributed by atoms with van der Waals surface area (Å²) >= 11 is 3.39. The van der Waals surface area contributed by atoms with Crippen LogP contribution in [-0.2, 0) is 0 Å². The number of benzene rings is 1. The van der Waals surface area contributed by atoms with Gasteiger partial charge < -0.3 is 10.2 Å². The average molecular weight is 308 g/mol. The topological polar surface area (TPSA) is 39.1 Å². The fourth-order valence-corrected chi connectivity index (χ4v) is 2.76. The van der Waals surface area contributed by atoms with Crippen LogP contribution in [0.4, 0.5) is 5.69 Å². The molecule has 0 aromatic heterocycles. The van der Waals surface area contributed by atoms with Crippen LogP contribution in [0.25, 0.3) is 0 Å². The standard InChI is InChI=1S/C14H18BrN3/c1-11(10-18-6-2-3-7-18)17-14-5-4-13(15)8-12(14)9-16/h4-5,8,11,17H,2-3,6-7,10H2,1H3. The van der Waals surface area contributed by atoms with E-state index in [0.717, 1.165) is 16.7 Å². The highest BCUT2D eigenvalue weighted by Crippen LogP contribution is 2.21. The van der Waals surface area contributed by atoms with Crippen LogP contribution in [0.2, 0.25) is 0 Å². The summed E-state index contributed by atoms with van der Waals surface area (Å²) < 4.78 is 0.941. The SMILES string of the molecule is CC(CN1CCCC1)Nc1ccc(Br)cc1C#N. The van der Waals surface area contributed by atoms with E-state index in [1.807, 2.05) is 18.2 Å². The number of nitriles is 1. The molecule has 18 heavy (non-hydrogen) atoms. The number of hydrogen-bond donors (Lipinski definition) is 1. The Labute approximate surface area is 117 Å². The summed E-state index contributed by atoms with van der Waals surface area (Å²) in [5.74, 6) is 0. The van der Waals surface area contributed by atoms with Crippen molar-refractivity contribution in [3.8, 4) is 6.07 Å². The lowest BCUT2D eigenvalue weighted by atomic mass is 10.1. The molecule has 96 valence electrons. The minimum absolute atomic E-state index is 0.358. The van der Waals surface area contributed by atoms with Crippen LogP contribution in [0, 0.1) is 11.3 Å².